The number of hydrogen-bond donors (Lipinski definition) is 1. The number of thiazole rings is 1. The van der Waals surface area contributed by atoms with E-state index in [9.17, 15) is 4.79 Å². The van der Waals surface area contributed by atoms with Gasteiger partial charge < -0.3 is 4.57 Å². The van der Waals surface area contributed by atoms with Gasteiger partial charge in [-0.15, -0.1) is 11.3 Å². The molecule has 0 spiro atoms. The van der Waals surface area contributed by atoms with Gasteiger partial charge in [-0.25, -0.2) is 4.98 Å². The van der Waals surface area contributed by atoms with E-state index >= 15 is 0 Å². The number of carbonyl (C=O) groups is 1. The van der Waals surface area contributed by atoms with Gasteiger partial charge in [0.25, 0.3) is 5.91 Å². The van der Waals surface area contributed by atoms with Crippen molar-refractivity contribution in [1.82, 2.24) is 9.55 Å². The quantitative estimate of drug-likeness (QED) is 0.783. The van der Waals surface area contributed by atoms with Gasteiger partial charge in [0, 0.05) is 29.2 Å². The standard InChI is InChI=1S/C15H15N3OS/c1-9-10(2)20-15(16-9)17-14(19)12-5-4-11-6-7-18(3)13(11)8-12/h4-8H,1-3H3,(H,16,17,19). The summed E-state index contributed by atoms with van der Waals surface area (Å²) in [5, 5.41) is 4.64. The van der Waals surface area contributed by atoms with Crippen LogP contribution in [0.3, 0.4) is 0 Å². The fourth-order valence-electron chi connectivity index (χ4n) is 2.10. The molecule has 0 saturated carbocycles. The van der Waals surface area contributed by atoms with Crippen LogP contribution in [0.15, 0.2) is 30.5 Å². The molecule has 3 rings (SSSR count). The molecule has 0 bridgehead atoms. The molecule has 0 aliphatic carbocycles. The first-order valence-corrected chi connectivity index (χ1v) is 7.17. The van der Waals surface area contributed by atoms with Crippen LogP contribution in [0, 0.1) is 13.8 Å². The van der Waals surface area contributed by atoms with E-state index < -0.39 is 0 Å². The smallest absolute Gasteiger partial charge is 0.257 e. The lowest BCUT2D eigenvalue weighted by Crippen LogP contribution is -2.11. The highest BCUT2D eigenvalue weighted by atomic mass is 32.1. The summed E-state index contributed by atoms with van der Waals surface area (Å²) in [5.41, 5.74) is 2.65. The van der Waals surface area contributed by atoms with Crippen molar-refractivity contribution in [3.05, 3.63) is 46.6 Å². The Morgan fingerprint density at radius 3 is 2.80 bits per heavy atom. The van der Waals surface area contributed by atoms with E-state index in [1.807, 2.05) is 55.9 Å². The third-order valence-electron chi connectivity index (χ3n) is 3.40. The summed E-state index contributed by atoms with van der Waals surface area (Å²) in [4.78, 5) is 17.7. The molecular weight excluding hydrogens is 270 g/mol. The molecule has 0 aliphatic heterocycles. The maximum absolute atomic E-state index is 12.3. The fraction of sp³-hybridized carbons (Fsp3) is 0.200. The van der Waals surface area contributed by atoms with Crippen molar-refractivity contribution in [3.8, 4) is 0 Å². The largest absolute Gasteiger partial charge is 0.351 e. The molecule has 102 valence electrons. The Kier molecular flexibility index (Phi) is 3.06. The van der Waals surface area contributed by atoms with Crippen molar-refractivity contribution in [2.45, 2.75) is 13.8 Å². The molecule has 3 aromatic rings. The SMILES string of the molecule is Cc1nc(NC(=O)c2ccc3ccn(C)c3c2)sc1C. The van der Waals surface area contributed by atoms with Crippen molar-refractivity contribution in [2.24, 2.45) is 7.05 Å². The highest BCUT2D eigenvalue weighted by Gasteiger charge is 2.11. The Morgan fingerprint density at radius 1 is 1.30 bits per heavy atom. The van der Waals surface area contributed by atoms with Crippen LogP contribution in [-0.4, -0.2) is 15.5 Å². The zero-order chi connectivity index (χ0) is 14.3. The number of anilines is 1. The molecule has 4 nitrogen and oxygen atoms in total. The predicted molar refractivity (Wildman–Crippen MR) is 82.5 cm³/mol. The minimum atomic E-state index is -0.123. The third kappa shape index (κ3) is 2.20. The zero-order valence-corrected chi connectivity index (χ0v) is 12.4. The number of hydrogen-bond acceptors (Lipinski definition) is 3. The molecule has 0 unspecified atom stereocenters. The molecule has 5 heteroatoms. The molecule has 20 heavy (non-hydrogen) atoms. The van der Waals surface area contributed by atoms with Gasteiger partial charge in [0.05, 0.1) is 5.69 Å². The van der Waals surface area contributed by atoms with E-state index in [0.29, 0.717) is 10.7 Å². The van der Waals surface area contributed by atoms with Crippen LogP contribution in [0.4, 0.5) is 5.13 Å². The normalized spacial score (nSPS) is 10.9. The van der Waals surface area contributed by atoms with Crippen LogP contribution in [0.2, 0.25) is 0 Å². The zero-order valence-electron chi connectivity index (χ0n) is 11.6. The monoisotopic (exact) mass is 285 g/mol. The number of aromatic nitrogens is 2. The lowest BCUT2D eigenvalue weighted by atomic mass is 10.1. The maximum Gasteiger partial charge on any atom is 0.257 e. The number of carbonyl (C=O) groups excluding carboxylic acids is 1. The molecule has 0 atom stereocenters. The highest BCUT2D eigenvalue weighted by Crippen LogP contribution is 2.22. The summed E-state index contributed by atoms with van der Waals surface area (Å²) >= 11 is 1.50. The number of benzene rings is 1. The van der Waals surface area contributed by atoms with Gasteiger partial charge >= 0.3 is 0 Å². The van der Waals surface area contributed by atoms with Crippen LogP contribution < -0.4 is 5.32 Å². The molecule has 0 radical (unpaired) electrons. The number of rotatable bonds is 2. The molecule has 2 aromatic heterocycles. The summed E-state index contributed by atoms with van der Waals surface area (Å²) in [5.74, 6) is -0.123. The van der Waals surface area contributed by atoms with Crippen LogP contribution in [0.1, 0.15) is 20.9 Å². The Balaban J connectivity index is 1.90. The van der Waals surface area contributed by atoms with E-state index in [1.54, 1.807) is 0 Å². The van der Waals surface area contributed by atoms with Crippen LogP contribution in [-0.2, 0) is 7.05 Å². The predicted octanol–water partition coefficient (Wildman–Crippen LogP) is 3.50. The second kappa shape index (κ2) is 4.76. The number of fused-ring (bicyclic) bond motifs is 1. The summed E-state index contributed by atoms with van der Waals surface area (Å²) in [6.07, 6.45) is 1.99. The van der Waals surface area contributed by atoms with E-state index in [1.165, 1.54) is 11.3 Å². The van der Waals surface area contributed by atoms with E-state index in [4.69, 9.17) is 0 Å². The van der Waals surface area contributed by atoms with E-state index in [2.05, 4.69) is 10.3 Å². The van der Waals surface area contributed by atoms with Gasteiger partial charge in [0.1, 0.15) is 0 Å². The highest BCUT2D eigenvalue weighted by molar-refractivity contribution is 7.15. The summed E-state index contributed by atoms with van der Waals surface area (Å²) in [6.45, 7) is 3.94. The Labute approximate surface area is 121 Å². The number of aryl methyl sites for hydroxylation is 3. The number of nitrogens with zero attached hydrogens (tertiary/aromatic N) is 2. The van der Waals surface area contributed by atoms with Gasteiger partial charge in [-0.2, -0.15) is 0 Å². The van der Waals surface area contributed by atoms with Crippen LogP contribution >= 0.6 is 11.3 Å². The average Bonchev–Trinajstić information content (AvgIpc) is 2.93. The molecule has 1 aromatic carbocycles. The molecule has 1 N–H and O–H groups in total. The first-order chi connectivity index (χ1) is 9.54. The van der Waals surface area contributed by atoms with Crippen molar-refractivity contribution < 1.29 is 4.79 Å². The average molecular weight is 285 g/mol. The fourth-order valence-corrected chi connectivity index (χ4v) is 2.91. The maximum atomic E-state index is 12.3. The first kappa shape index (κ1) is 12.9. The lowest BCUT2D eigenvalue weighted by Gasteiger charge is -2.03. The Hall–Kier alpha value is -2.14. The van der Waals surface area contributed by atoms with Gasteiger partial charge in [-0.1, -0.05) is 6.07 Å². The first-order valence-electron chi connectivity index (χ1n) is 6.35. The van der Waals surface area contributed by atoms with Gasteiger partial charge in [0.2, 0.25) is 0 Å². The molecule has 1 amide bonds. The van der Waals surface area contributed by atoms with Crippen molar-refractivity contribution >= 4 is 33.3 Å². The topological polar surface area (TPSA) is 46.9 Å². The van der Waals surface area contributed by atoms with Gasteiger partial charge in [-0.3, -0.25) is 10.1 Å². The molecule has 0 saturated heterocycles. The number of nitrogens with one attached hydrogen (secondary N) is 1. The Bertz CT molecular complexity index is 781. The minimum Gasteiger partial charge on any atom is -0.351 e. The molecule has 2 heterocycles. The van der Waals surface area contributed by atoms with E-state index in [0.717, 1.165) is 21.5 Å². The molecule has 0 fully saturated rings. The second-order valence-corrected chi connectivity index (χ2v) is 6.02. The summed E-state index contributed by atoms with van der Waals surface area (Å²) in [7, 11) is 1.97. The molecule has 0 aliphatic rings. The van der Waals surface area contributed by atoms with Crippen LogP contribution in [0.5, 0.6) is 0 Å². The minimum absolute atomic E-state index is 0.123. The van der Waals surface area contributed by atoms with E-state index in [-0.39, 0.29) is 5.91 Å². The Morgan fingerprint density at radius 2 is 2.10 bits per heavy atom. The van der Waals surface area contributed by atoms with Crippen molar-refractivity contribution in [3.63, 3.8) is 0 Å². The van der Waals surface area contributed by atoms with Crippen molar-refractivity contribution in [1.29, 1.82) is 0 Å². The van der Waals surface area contributed by atoms with Gasteiger partial charge in [-0.05, 0) is 37.4 Å². The summed E-state index contributed by atoms with van der Waals surface area (Å²) < 4.78 is 2.00. The summed E-state index contributed by atoms with van der Waals surface area (Å²) in [6, 6.07) is 7.73. The third-order valence-corrected chi connectivity index (χ3v) is 4.39. The van der Waals surface area contributed by atoms with Crippen LogP contribution in [0.25, 0.3) is 10.9 Å². The second-order valence-electron chi connectivity index (χ2n) is 4.81. The lowest BCUT2D eigenvalue weighted by molar-refractivity contribution is 0.102. The number of amides is 1. The van der Waals surface area contributed by atoms with Gasteiger partial charge in [0.15, 0.2) is 5.13 Å². The molecular formula is C15H15N3OS. The van der Waals surface area contributed by atoms with Crippen molar-refractivity contribution in [2.75, 3.05) is 5.32 Å².